The first-order valence-electron chi connectivity index (χ1n) is 6.12. The molecule has 2 rings (SSSR count). The van der Waals surface area contributed by atoms with Crippen LogP contribution in [0.5, 0.6) is 0 Å². The smallest absolute Gasteiger partial charge is 0.322 e. The van der Waals surface area contributed by atoms with Gasteiger partial charge in [-0.3, -0.25) is 4.79 Å². The molecule has 1 aromatic rings. The van der Waals surface area contributed by atoms with E-state index in [1.165, 1.54) is 30.0 Å². The number of carboxylic acids is 1. The molecule has 0 aliphatic carbocycles. The van der Waals surface area contributed by atoms with Crippen LogP contribution in [0, 0.1) is 0 Å². The van der Waals surface area contributed by atoms with Crippen LogP contribution < -0.4 is 0 Å². The standard InChI is InChI=1S/C12H13Cl2NO4S2/c1-2-11-15(9(6-20-11)12(16)17)21(18,19)10-5-7(13)3-4-8(10)14/h3-5,9,11H,2,6H2,1H3,(H,16,17). The Morgan fingerprint density at radius 3 is 2.71 bits per heavy atom. The van der Waals surface area contributed by atoms with Crippen molar-refractivity contribution in [2.45, 2.75) is 29.7 Å². The number of rotatable bonds is 4. The van der Waals surface area contributed by atoms with Crippen LogP contribution in [0.2, 0.25) is 10.0 Å². The van der Waals surface area contributed by atoms with Crippen molar-refractivity contribution in [3.8, 4) is 0 Å². The number of hydrogen-bond acceptors (Lipinski definition) is 4. The topological polar surface area (TPSA) is 74.7 Å². The number of thioether (sulfide) groups is 1. The molecule has 21 heavy (non-hydrogen) atoms. The highest BCUT2D eigenvalue weighted by atomic mass is 35.5. The fourth-order valence-electron chi connectivity index (χ4n) is 2.14. The van der Waals surface area contributed by atoms with Crippen LogP contribution >= 0.6 is 35.0 Å². The summed E-state index contributed by atoms with van der Waals surface area (Å²) in [5.74, 6) is -0.953. The van der Waals surface area contributed by atoms with Gasteiger partial charge in [-0.2, -0.15) is 4.31 Å². The number of hydrogen-bond donors (Lipinski definition) is 1. The fourth-order valence-corrected chi connectivity index (χ4v) is 6.42. The van der Waals surface area contributed by atoms with Gasteiger partial charge in [0.2, 0.25) is 10.0 Å². The van der Waals surface area contributed by atoms with Crippen molar-refractivity contribution < 1.29 is 18.3 Å². The molecule has 9 heteroatoms. The van der Waals surface area contributed by atoms with Crippen LogP contribution in [-0.4, -0.2) is 41.0 Å². The van der Waals surface area contributed by atoms with Crippen LogP contribution in [0.1, 0.15) is 13.3 Å². The van der Waals surface area contributed by atoms with E-state index in [0.29, 0.717) is 6.42 Å². The SMILES string of the molecule is CCC1SCC(C(=O)O)N1S(=O)(=O)c1cc(Cl)ccc1Cl. The Hall–Kier alpha value is -0.470. The molecular weight excluding hydrogens is 357 g/mol. The van der Waals surface area contributed by atoms with Crippen molar-refractivity contribution in [1.29, 1.82) is 0 Å². The molecule has 0 amide bonds. The van der Waals surface area contributed by atoms with E-state index in [0.717, 1.165) is 4.31 Å². The molecule has 116 valence electrons. The molecule has 2 atom stereocenters. The number of carboxylic acid groups (broad SMARTS) is 1. The predicted molar refractivity (Wildman–Crippen MR) is 83.4 cm³/mol. The molecule has 1 saturated heterocycles. The Morgan fingerprint density at radius 2 is 2.14 bits per heavy atom. The molecule has 0 spiro atoms. The third kappa shape index (κ3) is 3.17. The summed E-state index contributed by atoms with van der Waals surface area (Å²) in [5, 5.41) is 9.08. The Bertz CT molecular complexity index is 665. The van der Waals surface area contributed by atoms with E-state index in [4.69, 9.17) is 23.2 Å². The maximum absolute atomic E-state index is 12.8. The van der Waals surface area contributed by atoms with E-state index < -0.39 is 27.4 Å². The predicted octanol–water partition coefficient (Wildman–Crippen LogP) is 2.92. The number of nitrogens with zero attached hydrogens (tertiary/aromatic N) is 1. The van der Waals surface area contributed by atoms with Crippen molar-refractivity contribution in [3.05, 3.63) is 28.2 Å². The van der Waals surface area contributed by atoms with Gasteiger partial charge in [0.25, 0.3) is 0 Å². The summed E-state index contributed by atoms with van der Waals surface area (Å²) in [6, 6.07) is 3.01. The maximum Gasteiger partial charge on any atom is 0.322 e. The van der Waals surface area contributed by atoms with E-state index in [9.17, 15) is 18.3 Å². The summed E-state index contributed by atoms with van der Waals surface area (Å²) in [5.41, 5.74) is 0. The number of aliphatic carboxylic acids is 1. The van der Waals surface area contributed by atoms with Gasteiger partial charge in [-0.15, -0.1) is 11.8 Å². The number of sulfonamides is 1. The monoisotopic (exact) mass is 369 g/mol. The minimum absolute atomic E-state index is 0.0234. The van der Waals surface area contributed by atoms with Gasteiger partial charge in [0, 0.05) is 10.8 Å². The van der Waals surface area contributed by atoms with Gasteiger partial charge < -0.3 is 5.11 Å². The quantitative estimate of drug-likeness (QED) is 0.882. The largest absolute Gasteiger partial charge is 0.480 e. The fraction of sp³-hybridized carbons (Fsp3) is 0.417. The second-order valence-electron chi connectivity index (χ2n) is 4.46. The van der Waals surface area contributed by atoms with Crippen LogP contribution in [0.3, 0.4) is 0 Å². The van der Waals surface area contributed by atoms with Crippen molar-refractivity contribution in [2.75, 3.05) is 5.75 Å². The van der Waals surface area contributed by atoms with Gasteiger partial charge in [-0.1, -0.05) is 30.1 Å². The molecule has 1 heterocycles. The van der Waals surface area contributed by atoms with E-state index in [1.807, 2.05) is 6.92 Å². The zero-order chi connectivity index (χ0) is 15.8. The highest BCUT2D eigenvalue weighted by molar-refractivity contribution is 8.01. The van der Waals surface area contributed by atoms with Crippen LogP contribution in [-0.2, 0) is 14.8 Å². The highest BCUT2D eigenvalue weighted by Gasteiger charge is 2.46. The molecule has 2 unspecified atom stereocenters. The van der Waals surface area contributed by atoms with Crippen LogP contribution in [0.15, 0.2) is 23.1 Å². The molecule has 0 bridgehead atoms. The van der Waals surface area contributed by atoms with E-state index in [1.54, 1.807) is 0 Å². The Labute approximate surface area is 137 Å². The molecular formula is C12H13Cl2NO4S2. The number of carbonyl (C=O) groups is 1. The lowest BCUT2D eigenvalue weighted by molar-refractivity contribution is -0.140. The van der Waals surface area contributed by atoms with Gasteiger partial charge in [-0.25, -0.2) is 8.42 Å². The highest BCUT2D eigenvalue weighted by Crippen LogP contribution is 2.38. The van der Waals surface area contributed by atoms with Crippen molar-refractivity contribution in [3.63, 3.8) is 0 Å². The number of halogens is 2. The lowest BCUT2D eigenvalue weighted by Gasteiger charge is -2.26. The van der Waals surface area contributed by atoms with Gasteiger partial charge in [0.05, 0.1) is 10.4 Å². The lowest BCUT2D eigenvalue weighted by Crippen LogP contribution is -2.45. The minimum Gasteiger partial charge on any atom is -0.480 e. The van der Waals surface area contributed by atoms with Crippen LogP contribution in [0.4, 0.5) is 0 Å². The summed E-state index contributed by atoms with van der Waals surface area (Å²) < 4.78 is 26.6. The zero-order valence-corrected chi connectivity index (χ0v) is 14.1. The first-order valence-corrected chi connectivity index (χ1v) is 9.36. The molecule has 5 nitrogen and oxygen atoms in total. The zero-order valence-electron chi connectivity index (χ0n) is 11.0. The third-order valence-corrected chi connectivity index (χ3v) is 7.34. The first-order chi connectivity index (χ1) is 9.78. The van der Waals surface area contributed by atoms with E-state index in [2.05, 4.69) is 0 Å². The third-order valence-electron chi connectivity index (χ3n) is 3.12. The van der Waals surface area contributed by atoms with Gasteiger partial charge in [-0.05, 0) is 24.6 Å². The van der Waals surface area contributed by atoms with Crippen molar-refractivity contribution in [1.82, 2.24) is 4.31 Å². The van der Waals surface area contributed by atoms with Crippen molar-refractivity contribution in [2.24, 2.45) is 0 Å². The Morgan fingerprint density at radius 1 is 1.48 bits per heavy atom. The molecule has 1 aromatic carbocycles. The molecule has 1 aliphatic heterocycles. The average Bonchev–Trinajstić information content (AvgIpc) is 2.86. The lowest BCUT2D eigenvalue weighted by atomic mass is 10.3. The molecule has 1 aliphatic rings. The second kappa shape index (κ2) is 6.34. The maximum atomic E-state index is 12.8. The normalized spacial score (nSPS) is 23.4. The van der Waals surface area contributed by atoms with Gasteiger partial charge in [0.1, 0.15) is 10.9 Å². The van der Waals surface area contributed by atoms with Crippen LogP contribution in [0.25, 0.3) is 0 Å². The molecule has 0 radical (unpaired) electrons. The summed E-state index contributed by atoms with van der Waals surface area (Å²) >= 11 is 13.1. The van der Waals surface area contributed by atoms with Crippen molar-refractivity contribution >= 4 is 51.0 Å². The molecule has 1 N–H and O–H groups in total. The summed E-state index contributed by atoms with van der Waals surface area (Å²) in [4.78, 5) is 11.2. The Balaban J connectivity index is 2.54. The van der Waals surface area contributed by atoms with Gasteiger partial charge >= 0.3 is 5.97 Å². The summed E-state index contributed by atoms with van der Waals surface area (Å²) in [6.07, 6.45) is 0.506. The average molecular weight is 370 g/mol. The molecule has 1 fully saturated rings. The van der Waals surface area contributed by atoms with E-state index >= 15 is 0 Å². The first kappa shape index (κ1) is 16.9. The minimum atomic E-state index is -4.03. The number of benzene rings is 1. The molecule has 0 saturated carbocycles. The van der Waals surface area contributed by atoms with E-state index in [-0.39, 0.29) is 20.7 Å². The van der Waals surface area contributed by atoms with Gasteiger partial charge in [0.15, 0.2) is 0 Å². The molecule has 0 aromatic heterocycles. The second-order valence-corrected chi connectivity index (χ2v) is 8.33. The summed E-state index contributed by atoms with van der Waals surface area (Å²) in [6.45, 7) is 1.81. The Kier molecular flexibility index (Phi) is 5.10. The summed E-state index contributed by atoms with van der Waals surface area (Å²) in [7, 11) is -4.03.